The monoisotopic (exact) mass is 436 g/mol. The minimum atomic E-state index is -0.631. The number of carbonyl (C=O) groups excluding carboxylic acids is 1. The number of hydrogen-bond donors (Lipinski definition) is 3. The van der Waals surface area contributed by atoms with E-state index in [1.54, 1.807) is 38.5 Å². The topological polar surface area (TPSA) is 128 Å². The molecule has 1 aliphatic heterocycles. The summed E-state index contributed by atoms with van der Waals surface area (Å²) in [6.07, 6.45) is 4.70. The van der Waals surface area contributed by atoms with Crippen LogP contribution in [0.15, 0.2) is 52.4 Å². The van der Waals surface area contributed by atoms with Crippen molar-refractivity contribution >= 4 is 29.2 Å². The number of para-hydroxylation sites is 1. The molecule has 0 aromatic heterocycles. The lowest BCUT2D eigenvalue weighted by molar-refractivity contribution is 0.102. The molecule has 5 N–H and O–H groups in total. The third-order valence-corrected chi connectivity index (χ3v) is 5.88. The normalized spacial score (nSPS) is 17.4. The number of methoxy groups -OCH3 is 2. The number of nitrogens with one attached hydrogen (secondary N) is 1. The summed E-state index contributed by atoms with van der Waals surface area (Å²) in [5.41, 5.74) is 13.4. The molecule has 1 spiro atoms. The molecule has 9 nitrogen and oxygen atoms in total. The van der Waals surface area contributed by atoms with Gasteiger partial charge >= 0.3 is 0 Å². The van der Waals surface area contributed by atoms with Gasteiger partial charge in [-0.05, 0) is 49.9 Å². The second-order valence-corrected chi connectivity index (χ2v) is 7.86. The van der Waals surface area contributed by atoms with Crippen LogP contribution in [-0.4, -0.2) is 37.7 Å². The van der Waals surface area contributed by atoms with Gasteiger partial charge in [0.25, 0.3) is 5.91 Å². The summed E-state index contributed by atoms with van der Waals surface area (Å²) in [5, 5.41) is 2.94. The summed E-state index contributed by atoms with van der Waals surface area (Å²) in [7, 11) is 3.11. The molecule has 4 rings (SSSR count). The Hall–Kier alpha value is -3.75. The Balaban J connectivity index is 1.70. The van der Waals surface area contributed by atoms with Crippen molar-refractivity contribution in [2.75, 3.05) is 24.4 Å². The van der Waals surface area contributed by atoms with E-state index in [1.807, 2.05) is 23.1 Å². The first-order chi connectivity index (χ1) is 15.5. The Labute approximate surface area is 187 Å². The molecule has 0 atom stereocenters. The van der Waals surface area contributed by atoms with Crippen LogP contribution in [0.2, 0.25) is 0 Å². The van der Waals surface area contributed by atoms with E-state index in [1.165, 1.54) is 0 Å². The number of hydrogen-bond acceptors (Lipinski definition) is 8. The number of aliphatic imine (C=N–C) groups is 2. The molecular weight excluding hydrogens is 408 g/mol. The second kappa shape index (κ2) is 8.78. The van der Waals surface area contributed by atoms with Gasteiger partial charge in [-0.2, -0.15) is 4.99 Å². The highest BCUT2D eigenvalue weighted by atomic mass is 16.5. The zero-order chi connectivity index (χ0) is 22.7. The highest BCUT2D eigenvalue weighted by molar-refractivity contribution is 6.13. The Morgan fingerprint density at radius 1 is 1.03 bits per heavy atom. The van der Waals surface area contributed by atoms with Gasteiger partial charge in [-0.3, -0.25) is 9.69 Å². The molecule has 168 valence electrons. The van der Waals surface area contributed by atoms with E-state index in [9.17, 15) is 4.79 Å². The third-order valence-electron chi connectivity index (χ3n) is 5.88. The van der Waals surface area contributed by atoms with Crippen molar-refractivity contribution in [1.82, 2.24) is 0 Å². The lowest BCUT2D eigenvalue weighted by atomic mass is 9.87. The number of anilines is 2. The van der Waals surface area contributed by atoms with E-state index in [2.05, 4.69) is 10.3 Å². The Bertz CT molecular complexity index is 1080. The number of ether oxygens (including phenoxy) is 2. The van der Waals surface area contributed by atoms with Crippen LogP contribution >= 0.6 is 0 Å². The van der Waals surface area contributed by atoms with Gasteiger partial charge in [-0.1, -0.05) is 18.6 Å². The molecule has 1 fully saturated rings. The van der Waals surface area contributed by atoms with Gasteiger partial charge in [0.15, 0.2) is 11.5 Å². The summed E-state index contributed by atoms with van der Waals surface area (Å²) in [6.45, 7) is 0. The van der Waals surface area contributed by atoms with Crippen LogP contribution in [0, 0.1) is 0 Å². The quantitative estimate of drug-likeness (QED) is 0.661. The maximum atomic E-state index is 13.3. The van der Waals surface area contributed by atoms with Crippen LogP contribution in [0.3, 0.4) is 0 Å². The third kappa shape index (κ3) is 3.93. The molecule has 0 radical (unpaired) electrons. The molecule has 0 saturated heterocycles. The van der Waals surface area contributed by atoms with Crippen LogP contribution in [-0.2, 0) is 0 Å². The first-order valence-corrected chi connectivity index (χ1v) is 10.6. The molecule has 1 amide bonds. The van der Waals surface area contributed by atoms with E-state index in [0.717, 1.165) is 32.1 Å². The highest BCUT2D eigenvalue weighted by Crippen LogP contribution is 2.40. The van der Waals surface area contributed by atoms with Crippen molar-refractivity contribution in [1.29, 1.82) is 0 Å². The molecule has 2 aromatic rings. The molecule has 0 unspecified atom stereocenters. The molecule has 9 heteroatoms. The Kier molecular flexibility index (Phi) is 5.89. The molecule has 2 aliphatic rings. The smallest absolute Gasteiger partial charge is 0.257 e. The predicted molar refractivity (Wildman–Crippen MR) is 125 cm³/mol. The van der Waals surface area contributed by atoms with Crippen LogP contribution in [0.5, 0.6) is 11.5 Å². The van der Waals surface area contributed by atoms with Crippen LogP contribution in [0.1, 0.15) is 42.5 Å². The van der Waals surface area contributed by atoms with E-state index >= 15 is 0 Å². The fraction of sp³-hybridized carbons (Fsp3) is 0.348. The number of nitrogens with two attached hydrogens (primary N) is 2. The highest BCUT2D eigenvalue weighted by Gasteiger charge is 2.43. The second-order valence-electron chi connectivity index (χ2n) is 7.86. The van der Waals surface area contributed by atoms with Crippen molar-refractivity contribution in [3.8, 4) is 11.5 Å². The Morgan fingerprint density at radius 2 is 1.75 bits per heavy atom. The first kappa shape index (κ1) is 21.5. The molecule has 1 aliphatic carbocycles. The van der Waals surface area contributed by atoms with Crippen molar-refractivity contribution in [3.63, 3.8) is 0 Å². The minimum Gasteiger partial charge on any atom is -0.493 e. The molecule has 2 aromatic carbocycles. The lowest BCUT2D eigenvalue weighted by Gasteiger charge is -2.46. The van der Waals surface area contributed by atoms with Gasteiger partial charge < -0.3 is 26.3 Å². The predicted octanol–water partition coefficient (Wildman–Crippen LogP) is 3.07. The molecule has 0 bridgehead atoms. The average molecular weight is 437 g/mol. The van der Waals surface area contributed by atoms with Crippen molar-refractivity contribution in [2.24, 2.45) is 21.5 Å². The van der Waals surface area contributed by atoms with Gasteiger partial charge in [0, 0.05) is 11.8 Å². The summed E-state index contributed by atoms with van der Waals surface area (Å²) in [4.78, 5) is 24.1. The maximum Gasteiger partial charge on any atom is 0.257 e. The van der Waals surface area contributed by atoms with Crippen molar-refractivity contribution < 1.29 is 14.3 Å². The Morgan fingerprint density at radius 3 is 2.47 bits per heavy atom. The van der Waals surface area contributed by atoms with E-state index in [-0.39, 0.29) is 17.8 Å². The molecule has 1 heterocycles. The molecular formula is C23H28N6O3. The molecule has 1 saturated carbocycles. The minimum absolute atomic E-state index is 0.174. The van der Waals surface area contributed by atoms with Crippen molar-refractivity contribution in [2.45, 2.75) is 37.8 Å². The average Bonchev–Trinajstić information content (AvgIpc) is 2.79. The largest absolute Gasteiger partial charge is 0.493 e. The van der Waals surface area contributed by atoms with Gasteiger partial charge in [-0.15, -0.1) is 0 Å². The van der Waals surface area contributed by atoms with Gasteiger partial charge in [-0.25, -0.2) is 4.99 Å². The summed E-state index contributed by atoms with van der Waals surface area (Å²) in [5.74, 6) is 1.24. The summed E-state index contributed by atoms with van der Waals surface area (Å²) >= 11 is 0. The summed E-state index contributed by atoms with van der Waals surface area (Å²) < 4.78 is 10.6. The number of benzene rings is 2. The zero-order valence-corrected chi connectivity index (χ0v) is 18.3. The van der Waals surface area contributed by atoms with E-state index in [4.69, 9.17) is 25.9 Å². The number of guanidine groups is 2. The van der Waals surface area contributed by atoms with Gasteiger partial charge in [0.05, 0.1) is 25.5 Å². The van der Waals surface area contributed by atoms with Gasteiger partial charge in [0.2, 0.25) is 11.9 Å². The molecule has 32 heavy (non-hydrogen) atoms. The fourth-order valence-corrected chi connectivity index (χ4v) is 4.44. The number of carbonyl (C=O) groups is 1. The van der Waals surface area contributed by atoms with Crippen LogP contribution < -0.4 is 31.2 Å². The van der Waals surface area contributed by atoms with Crippen LogP contribution in [0.25, 0.3) is 0 Å². The lowest BCUT2D eigenvalue weighted by Crippen LogP contribution is -2.58. The van der Waals surface area contributed by atoms with Crippen LogP contribution in [0.4, 0.5) is 11.4 Å². The summed E-state index contributed by atoms with van der Waals surface area (Å²) in [6, 6.07) is 12.5. The van der Waals surface area contributed by atoms with E-state index in [0.29, 0.717) is 28.4 Å². The zero-order valence-electron chi connectivity index (χ0n) is 18.3. The van der Waals surface area contributed by atoms with E-state index < -0.39 is 5.66 Å². The SMILES string of the molecule is COc1ccc(NC(=O)c2ccccc2N2C(N)=NC(N)=NC23CCCCC3)cc1OC. The standard InChI is InChI=1S/C23H28N6O3/c1-31-18-11-10-15(14-19(18)32-2)26-20(30)16-8-4-5-9-17(16)29-22(25)27-21(24)28-23(29)12-6-3-7-13-23/h4-5,8-11,14H,3,6-7,12-13H2,1-2H3,(H,26,30)(H4,24,25,27,28). The number of rotatable bonds is 5. The fourth-order valence-electron chi connectivity index (χ4n) is 4.44. The first-order valence-electron chi connectivity index (χ1n) is 10.6. The number of nitrogens with zero attached hydrogens (tertiary/aromatic N) is 3. The van der Waals surface area contributed by atoms with Crippen molar-refractivity contribution in [3.05, 3.63) is 48.0 Å². The maximum absolute atomic E-state index is 13.3. The number of amides is 1. The van der Waals surface area contributed by atoms with Gasteiger partial charge in [0.1, 0.15) is 5.66 Å².